The number of nitrogens with one attached hydrogen (secondary N) is 1. The van der Waals surface area contributed by atoms with E-state index in [-0.39, 0.29) is 18.0 Å². The second kappa shape index (κ2) is 8.40. The van der Waals surface area contributed by atoms with Gasteiger partial charge in [0.25, 0.3) is 5.91 Å². The van der Waals surface area contributed by atoms with Crippen LogP contribution in [0.3, 0.4) is 0 Å². The van der Waals surface area contributed by atoms with Crippen LogP contribution in [-0.2, 0) is 7.05 Å². The number of carbonyl (C=O) groups excluding carboxylic acids is 1. The number of carbonyl (C=O) groups is 1. The zero-order valence-corrected chi connectivity index (χ0v) is 16.2. The minimum Gasteiger partial charge on any atom is -0.347 e. The zero-order chi connectivity index (χ0) is 19.3. The van der Waals surface area contributed by atoms with Gasteiger partial charge in [0, 0.05) is 25.8 Å². The summed E-state index contributed by atoms with van der Waals surface area (Å²) < 4.78 is 1.66. The summed E-state index contributed by atoms with van der Waals surface area (Å²) in [5.41, 5.74) is 3.04. The number of hydrogen-bond donors (Lipinski definition) is 1. The van der Waals surface area contributed by atoms with Crippen LogP contribution in [0.15, 0.2) is 72.9 Å². The Labute approximate surface area is 166 Å². The number of benzene rings is 2. The molecule has 0 spiro atoms. The minimum atomic E-state index is -0.0941. The molecule has 0 radical (unpaired) electrons. The molecule has 28 heavy (non-hydrogen) atoms. The Hall–Kier alpha value is -2.92. The van der Waals surface area contributed by atoms with Gasteiger partial charge in [-0.3, -0.25) is 14.4 Å². The smallest absolute Gasteiger partial charge is 0.272 e. The molecule has 5 nitrogen and oxygen atoms in total. The first-order valence-corrected chi connectivity index (χ1v) is 9.85. The molecule has 1 saturated heterocycles. The summed E-state index contributed by atoms with van der Waals surface area (Å²) in [5, 5.41) is 7.40. The summed E-state index contributed by atoms with van der Waals surface area (Å²) >= 11 is 0. The van der Waals surface area contributed by atoms with Crippen LogP contribution in [0.4, 0.5) is 0 Å². The topological polar surface area (TPSA) is 50.2 Å². The lowest BCUT2D eigenvalue weighted by molar-refractivity contribution is 0.0882. The van der Waals surface area contributed by atoms with Gasteiger partial charge in [0.05, 0.1) is 6.04 Å². The summed E-state index contributed by atoms with van der Waals surface area (Å²) in [5.74, 6) is -0.0941. The third kappa shape index (κ3) is 4.15. The van der Waals surface area contributed by atoms with Crippen molar-refractivity contribution in [2.45, 2.75) is 24.9 Å². The summed E-state index contributed by atoms with van der Waals surface area (Å²) in [6.07, 6.45) is 3.84. The van der Waals surface area contributed by atoms with E-state index >= 15 is 0 Å². The van der Waals surface area contributed by atoms with Gasteiger partial charge in [-0.1, -0.05) is 60.7 Å². The highest BCUT2D eigenvalue weighted by atomic mass is 16.2. The quantitative estimate of drug-likeness (QED) is 0.745. The fourth-order valence-corrected chi connectivity index (χ4v) is 4.04. The molecular formula is C23H26N4O. The molecule has 1 aliphatic heterocycles. The molecule has 2 aromatic carbocycles. The van der Waals surface area contributed by atoms with Crippen LogP contribution in [0.25, 0.3) is 0 Å². The predicted molar refractivity (Wildman–Crippen MR) is 110 cm³/mol. The number of aromatic nitrogens is 2. The first kappa shape index (κ1) is 18.4. The summed E-state index contributed by atoms with van der Waals surface area (Å²) in [6.45, 7) is 1.84. The minimum absolute atomic E-state index is 0.0941. The highest BCUT2D eigenvalue weighted by Gasteiger charge is 2.29. The molecule has 0 saturated carbocycles. The molecule has 5 heteroatoms. The summed E-state index contributed by atoms with van der Waals surface area (Å²) in [6, 6.07) is 23.3. The lowest BCUT2D eigenvalue weighted by Crippen LogP contribution is -2.49. The molecule has 1 aromatic heterocycles. The Balaban J connectivity index is 1.53. The maximum absolute atomic E-state index is 12.5. The van der Waals surface area contributed by atoms with E-state index in [0.29, 0.717) is 5.69 Å². The maximum Gasteiger partial charge on any atom is 0.272 e. The number of aryl methyl sites for hydroxylation is 1. The molecule has 1 fully saturated rings. The lowest BCUT2D eigenvalue weighted by Gasteiger charge is -2.39. The second-order valence-electron chi connectivity index (χ2n) is 7.41. The van der Waals surface area contributed by atoms with E-state index in [9.17, 15) is 4.79 Å². The van der Waals surface area contributed by atoms with Crippen molar-refractivity contribution in [3.05, 3.63) is 89.7 Å². The van der Waals surface area contributed by atoms with Gasteiger partial charge in [-0.15, -0.1) is 0 Å². The van der Waals surface area contributed by atoms with E-state index in [1.54, 1.807) is 16.9 Å². The molecule has 1 N–H and O–H groups in total. The van der Waals surface area contributed by atoms with Crippen molar-refractivity contribution in [1.29, 1.82) is 0 Å². The van der Waals surface area contributed by atoms with Crippen molar-refractivity contribution in [2.24, 2.45) is 7.05 Å². The van der Waals surface area contributed by atoms with Crippen molar-refractivity contribution in [3.63, 3.8) is 0 Å². The molecule has 0 bridgehead atoms. The van der Waals surface area contributed by atoms with E-state index in [2.05, 4.69) is 76.0 Å². The van der Waals surface area contributed by atoms with Crippen molar-refractivity contribution < 1.29 is 4.79 Å². The molecule has 3 aromatic rings. The van der Waals surface area contributed by atoms with E-state index < -0.39 is 0 Å². The summed E-state index contributed by atoms with van der Waals surface area (Å²) in [7, 11) is 1.82. The summed E-state index contributed by atoms with van der Waals surface area (Å²) in [4.78, 5) is 15.0. The molecule has 2 heterocycles. The fourth-order valence-electron chi connectivity index (χ4n) is 4.04. The third-order valence-corrected chi connectivity index (χ3v) is 5.33. The molecular weight excluding hydrogens is 348 g/mol. The van der Waals surface area contributed by atoms with E-state index in [1.807, 2.05) is 7.05 Å². The molecule has 1 aliphatic rings. The van der Waals surface area contributed by atoms with Gasteiger partial charge in [0.15, 0.2) is 0 Å². The molecule has 144 valence electrons. The van der Waals surface area contributed by atoms with Gasteiger partial charge >= 0.3 is 0 Å². The third-order valence-electron chi connectivity index (χ3n) is 5.33. The van der Waals surface area contributed by atoms with Crippen LogP contribution in [0.2, 0.25) is 0 Å². The van der Waals surface area contributed by atoms with Crippen LogP contribution in [-0.4, -0.2) is 39.7 Å². The predicted octanol–water partition coefficient (Wildman–Crippen LogP) is 3.40. The SMILES string of the molecule is Cn1ccc(C(=O)NC2CCCN(C(c3ccccc3)c3ccccc3)C2)n1. The average molecular weight is 374 g/mol. The molecule has 1 unspecified atom stereocenters. The highest BCUT2D eigenvalue weighted by Crippen LogP contribution is 2.31. The normalized spacial score (nSPS) is 17.6. The first-order chi connectivity index (χ1) is 13.7. The van der Waals surface area contributed by atoms with Crippen LogP contribution in [0, 0.1) is 0 Å². The van der Waals surface area contributed by atoms with E-state index in [0.717, 1.165) is 25.9 Å². The molecule has 1 atom stereocenters. The number of hydrogen-bond acceptors (Lipinski definition) is 3. The Bertz CT molecular complexity index is 867. The lowest BCUT2D eigenvalue weighted by atomic mass is 9.94. The molecule has 0 aliphatic carbocycles. The number of piperidine rings is 1. The van der Waals surface area contributed by atoms with E-state index in [4.69, 9.17) is 0 Å². The van der Waals surface area contributed by atoms with Gasteiger partial charge in [0.1, 0.15) is 5.69 Å². The zero-order valence-electron chi connectivity index (χ0n) is 16.2. The first-order valence-electron chi connectivity index (χ1n) is 9.85. The monoisotopic (exact) mass is 374 g/mol. The Morgan fingerprint density at radius 1 is 1.04 bits per heavy atom. The second-order valence-corrected chi connectivity index (χ2v) is 7.41. The Morgan fingerprint density at radius 3 is 2.25 bits per heavy atom. The van der Waals surface area contributed by atoms with E-state index in [1.165, 1.54) is 11.1 Å². The maximum atomic E-state index is 12.5. The van der Waals surface area contributed by atoms with Crippen LogP contribution >= 0.6 is 0 Å². The average Bonchev–Trinajstić information content (AvgIpc) is 3.17. The highest BCUT2D eigenvalue weighted by molar-refractivity contribution is 5.92. The van der Waals surface area contributed by atoms with Crippen molar-refractivity contribution in [2.75, 3.05) is 13.1 Å². The van der Waals surface area contributed by atoms with Crippen molar-refractivity contribution >= 4 is 5.91 Å². The fraction of sp³-hybridized carbons (Fsp3) is 0.304. The van der Waals surface area contributed by atoms with Crippen LogP contribution < -0.4 is 5.32 Å². The standard InChI is InChI=1S/C23H26N4O/c1-26-16-14-21(25-26)23(28)24-20-13-8-15-27(17-20)22(18-9-4-2-5-10-18)19-11-6-3-7-12-19/h2-7,9-12,14,16,20,22H,8,13,15,17H2,1H3,(H,24,28). The van der Waals surface area contributed by atoms with Gasteiger partial charge in [-0.2, -0.15) is 5.10 Å². The van der Waals surface area contributed by atoms with Gasteiger partial charge < -0.3 is 5.32 Å². The Morgan fingerprint density at radius 2 is 1.68 bits per heavy atom. The van der Waals surface area contributed by atoms with Crippen molar-refractivity contribution in [3.8, 4) is 0 Å². The Kier molecular flexibility index (Phi) is 5.53. The molecule has 1 amide bonds. The van der Waals surface area contributed by atoms with Crippen LogP contribution in [0.1, 0.15) is 40.5 Å². The van der Waals surface area contributed by atoms with Gasteiger partial charge in [-0.25, -0.2) is 0 Å². The molecule has 4 rings (SSSR count). The number of nitrogens with zero attached hydrogens (tertiary/aromatic N) is 3. The largest absolute Gasteiger partial charge is 0.347 e. The number of amides is 1. The number of rotatable bonds is 5. The van der Waals surface area contributed by atoms with Gasteiger partial charge in [-0.05, 0) is 36.6 Å². The van der Waals surface area contributed by atoms with Gasteiger partial charge in [0.2, 0.25) is 0 Å². The number of likely N-dealkylation sites (tertiary alicyclic amines) is 1. The van der Waals surface area contributed by atoms with Crippen LogP contribution in [0.5, 0.6) is 0 Å². The van der Waals surface area contributed by atoms with Crippen molar-refractivity contribution in [1.82, 2.24) is 20.0 Å².